The Hall–Kier alpha value is -2.29. The van der Waals surface area contributed by atoms with Crippen LogP contribution in [-0.4, -0.2) is 74.3 Å². The third-order valence-corrected chi connectivity index (χ3v) is 12.7. The van der Waals surface area contributed by atoms with Crippen LogP contribution in [0.1, 0.15) is 233 Å². The molecule has 0 aromatic carbocycles. The smallest absolute Gasteiger partial charge is 0.456 e. The van der Waals surface area contributed by atoms with E-state index in [9.17, 15) is 19.0 Å². The minimum atomic E-state index is -4.45. The van der Waals surface area contributed by atoms with Crippen LogP contribution in [0.5, 0.6) is 0 Å². The molecule has 3 unspecified atom stereocenters. The molecule has 0 aliphatic rings. The molecule has 0 aromatic heterocycles. The molecular weight excluding hydrogens is 844 g/mol. The number of likely N-dealkylation sites (N-methyl/N-ethyl adjacent to an activating group) is 1. The number of rotatable bonds is 48. The van der Waals surface area contributed by atoms with Crippen molar-refractivity contribution < 1.29 is 37.3 Å². The topological polar surface area (TPSA) is 111 Å². The van der Waals surface area contributed by atoms with Crippen molar-refractivity contribution in [2.24, 2.45) is 0 Å². The van der Waals surface area contributed by atoms with Crippen molar-refractivity contribution >= 4 is 19.7 Å². The molecule has 0 heterocycles. The lowest BCUT2D eigenvalue weighted by molar-refractivity contribution is -0.870. The van der Waals surface area contributed by atoms with Crippen LogP contribution in [0.25, 0.3) is 0 Å². The fraction of sp³-hybridized carbons (Fsp3) is 0.786. The quantitative estimate of drug-likeness (QED) is 0.0156. The van der Waals surface area contributed by atoms with Gasteiger partial charge in [-0.2, -0.15) is 0 Å². The predicted octanol–water partition coefficient (Wildman–Crippen LogP) is 15.9. The number of nitrogens with one attached hydrogen (secondary N) is 1. The number of allylic oxidation sites excluding steroid dienone is 9. The number of esters is 1. The molecule has 3 atom stereocenters. The van der Waals surface area contributed by atoms with Crippen molar-refractivity contribution in [2.75, 3.05) is 40.9 Å². The van der Waals surface area contributed by atoms with Crippen molar-refractivity contribution in [2.45, 2.75) is 245 Å². The SMILES string of the molecule is CC/C=C/C=C/C=C/CCCCCCCCCC(=O)OC(/C=C/CCCCCCCCCCCC)C(COP(=O)(O)OCC[N+](C)(C)C)NC(=O)CCCCC/C=C\CCCCCCCC. The van der Waals surface area contributed by atoms with Crippen molar-refractivity contribution in [3.05, 3.63) is 60.8 Å². The summed E-state index contributed by atoms with van der Waals surface area (Å²) in [5.41, 5.74) is 0. The highest BCUT2D eigenvalue weighted by molar-refractivity contribution is 7.47. The molecule has 0 aliphatic heterocycles. The highest BCUT2D eigenvalue weighted by Gasteiger charge is 2.30. The fourth-order valence-corrected chi connectivity index (χ4v) is 8.26. The molecule has 66 heavy (non-hydrogen) atoms. The maximum absolute atomic E-state index is 13.4. The summed E-state index contributed by atoms with van der Waals surface area (Å²) < 4.78 is 30.5. The number of quaternary nitrogens is 1. The van der Waals surface area contributed by atoms with E-state index in [2.05, 4.69) is 74.7 Å². The van der Waals surface area contributed by atoms with Crippen LogP contribution in [-0.2, 0) is 27.9 Å². The van der Waals surface area contributed by atoms with E-state index in [-0.39, 0.29) is 31.5 Å². The Balaban J connectivity index is 5.44. The lowest BCUT2D eigenvalue weighted by Gasteiger charge is -2.27. The van der Waals surface area contributed by atoms with Gasteiger partial charge in [-0.3, -0.25) is 18.6 Å². The number of phosphoric ester groups is 1. The van der Waals surface area contributed by atoms with Crippen molar-refractivity contribution in [3.8, 4) is 0 Å². The summed E-state index contributed by atoms with van der Waals surface area (Å²) in [7, 11) is 1.47. The third kappa shape index (κ3) is 46.8. The molecule has 2 N–H and O–H groups in total. The molecule has 0 spiro atoms. The van der Waals surface area contributed by atoms with E-state index in [1.807, 2.05) is 33.3 Å². The lowest BCUT2D eigenvalue weighted by atomic mass is 10.0. The normalized spacial score (nSPS) is 14.3. The maximum Gasteiger partial charge on any atom is 0.472 e. The number of hydrogen-bond donors (Lipinski definition) is 2. The van der Waals surface area contributed by atoms with E-state index in [0.717, 1.165) is 89.9 Å². The van der Waals surface area contributed by atoms with E-state index in [4.69, 9.17) is 13.8 Å². The molecule has 1 amide bonds. The van der Waals surface area contributed by atoms with Crippen LogP contribution in [0, 0.1) is 0 Å². The third-order valence-electron chi connectivity index (χ3n) is 11.8. The van der Waals surface area contributed by atoms with Gasteiger partial charge in [0.2, 0.25) is 5.91 Å². The van der Waals surface area contributed by atoms with Crippen LogP contribution < -0.4 is 5.32 Å². The first-order chi connectivity index (χ1) is 31.9. The largest absolute Gasteiger partial charge is 0.472 e. The molecule has 0 aromatic rings. The first kappa shape index (κ1) is 63.7. The fourth-order valence-electron chi connectivity index (χ4n) is 7.52. The number of amides is 1. The number of hydrogen-bond acceptors (Lipinski definition) is 6. The standard InChI is InChI=1S/C56H103N2O7P/c1-7-10-13-16-19-22-25-28-29-31-34-37-40-43-46-49-56(60)65-54(47-44-41-38-35-32-27-24-21-18-15-12-9-3)53(52-64-66(61,62)63-51-50-58(4,5)6)57-55(59)48-45-42-39-36-33-30-26-23-20-17-14-11-8-2/h10,13,16,19,22,25,30,33,44,47,53-54H,7-9,11-12,14-15,17-18,20-21,23-24,26-29,31-32,34-43,45-46,48-52H2,1-6H3,(H-,57,59,61,62)/p+1/b13-10+,19-16+,25-22+,33-30-,47-44+. The monoisotopic (exact) mass is 948 g/mol. The van der Waals surface area contributed by atoms with E-state index in [1.165, 1.54) is 109 Å². The molecular formula is C56H104N2O7P+. The van der Waals surface area contributed by atoms with Gasteiger partial charge in [0.05, 0.1) is 33.8 Å². The lowest BCUT2D eigenvalue weighted by Crippen LogP contribution is -2.47. The van der Waals surface area contributed by atoms with Gasteiger partial charge in [0, 0.05) is 12.8 Å². The van der Waals surface area contributed by atoms with Gasteiger partial charge in [-0.15, -0.1) is 0 Å². The van der Waals surface area contributed by atoms with Gasteiger partial charge >= 0.3 is 13.8 Å². The van der Waals surface area contributed by atoms with Gasteiger partial charge in [0.1, 0.15) is 19.3 Å². The van der Waals surface area contributed by atoms with Crippen LogP contribution in [0.3, 0.4) is 0 Å². The molecule has 0 aliphatic carbocycles. The first-order valence-electron chi connectivity index (χ1n) is 27.1. The van der Waals surface area contributed by atoms with Gasteiger partial charge in [-0.1, -0.05) is 204 Å². The zero-order chi connectivity index (χ0) is 48.7. The summed E-state index contributed by atoms with van der Waals surface area (Å²) in [6.45, 7) is 6.84. The predicted molar refractivity (Wildman–Crippen MR) is 282 cm³/mol. The summed E-state index contributed by atoms with van der Waals surface area (Å²) in [6.07, 6.45) is 56.4. The van der Waals surface area contributed by atoms with Gasteiger partial charge in [-0.05, 0) is 76.7 Å². The van der Waals surface area contributed by atoms with E-state index >= 15 is 0 Å². The zero-order valence-corrected chi connectivity index (χ0v) is 44.6. The van der Waals surface area contributed by atoms with Crippen LogP contribution in [0.4, 0.5) is 0 Å². The minimum Gasteiger partial charge on any atom is -0.456 e. The number of ether oxygens (including phenoxy) is 1. The summed E-state index contributed by atoms with van der Waals surface area (Å²) in [5.74, 6) is -0.539. The highest BCUT2D eigenvalue weighted by Crippen LogP contribution is 2.43. The number of carbonyl (C=O) groups excluding carboxylic acids is 2. The van der Waals surface area contributed by atoms with E-state index < -0.39 is 20.0 Å². The second kappa shape index (κ2) is 46.4. The molecule has 384 valence electrons. The van der Waals surface area contributed by atoms with Crippen LogP contribution in [0.2, 0.25) is 0 Å². The van der Waals surface area contributed by atoms with Crippen LogP contribution in [0.15, 0.2) is 60.8 Å². The molecule has 0 radical (unpaired) electrons. The first-order valence-corrected chi connectivity index (χ1v) is 28.6. The van der Waals surface area contributed by atoms with Crippen molar-refractivity contribution in [3.63, 3.8) is 0 Å². The summed E-state index contributed by atoms with van der Waals surface area (Å²) in [6, 6.07) is -0.860. The number of nitrogens with zero attached hydrogens (tertiary/aromatic N) is 1. The molecule has 0 saturated heterocycles. The Bertz CT molecular complexity index is 1320. The van der Waals surface area contributed by atoms with Gasteiger partial charge in [0.25, 0.3) is 0 Å². The van der Waals surface area contributed by atoms with E-state index in [0.29, 0.717) is 17.4 Å². The number of phosphoric acid groups is 1. The van der Waals surface area contributed by atoms with E-state index in [1.54, 1.807) is 0 Å². The zero-order valence-electron chi connectivity index (χ0n) is 43.7. The van der Waals surface area contributed by atoms with Gasteiger partial charge in [-0.25, -0.2) is 4.57 Å². The Morgan fingerprint density at radius 2 is 0.985 bits per heavy atom. The molecule has 0 bridgehead atoms. The molecule has 10 heteroatoms. The Labute approximate surface area is 407 Å². The van der Waals surface area contributed by atoms with Crippen molar-refractivity contribution in [1.29, 1.82) is 0 Å². The summed E-state index contributed by atoms with van der Waals surface area (Å²) >= 11 is 0. The number of carbonyl (C=O) groups is 2. The summed E-state index contributed by atoms with van der Waals surface area (Å²) in [5, 5.41) is 3.03. The number of unbranched alkanes of at least 4 members (excludes halogenated alkanes) is 26. The maximum atomic E-state index is 13.4. The average molecular weight is 948 g/mol. The van der Waals surface area contributed by atoms with Crippen molar-refractivity contribution in [1.82, 2.24) is 5.32 Å². The Morgan fingerprint density at radius 1 is 0.545 bits per heavy atom. The highest BCUT2D eigenvalue weighted by atomic mass is 31.2. The molecule has 0 fully saturated rings. The summed E-state index contributed by atoms with van der Waals surface area (Å²) in [4.78, 5) is 37.5. The Kier molecular flexibility index (Phi) is 44.8. The van der Waals surface area contributed by atoms with Gasteiger partial charge < -0.3 is 19.4 Å². The Morgan fingerprint density at radius 3 is 1.50 bits per heavy atom. The average Bonchev–Trinajstić information content (AvgIpc) is 3.27. The second-order valence-corrected chi connectivity index (χ2v) is 20.9. The second-order valence-electron chi connectivity index (χ2n) is 19.4. The molecule has 0 saturated carbocycles. The molecule has 9 nitrogen and oxygen atoms in total. The van der Waals surface area contributed by atoms with Crippen LogP contribution >= 0.6 is 7.82 Å². The van der Waals surface area contributed by atoms with Gasteiger partial charge in [0.15, 0.2) is 0 Å². The minimum absolute atomic E-state index is 0.0340. The molecule has 0 rings (SSSR count).